The van der Waals surface area contributed by atoms with E-state index in [1.807, 2.05) is 4.70 Å². The van der Waals surface area contributed by atoms with Gasteiger partial charge in [-0.15, -0.1) is 0 Å². The lowest BCUT2D eigenvalue weighted by Crippen LogP contribution is -2.09. The second-order valence-electron chi connectivity index (χ2n) is 34.8. The number of hydrogen-bond acceptors (Lipinski definition) is 0. The van der Waals surface area contributed by atoms with Crippen LogP contribution in [0.25, 0.3) is 16.9 Å². The maximum Gasteiger partial charge on any atom is 0.211 e. The van der Waals surface area contributed by atoms with Gasteiger partial charge < -0.3 is 5.53 Å². The molecule has 2 nitrogen and oxygen atoms in total. The van der Waals surface area contributed by atoms with Gasteiger partial charge in [-0.25, -0.2) is 4.70 Å². The maximum atomic E-state index is 13.5. The Labute approximate surface area is 660 Å². The summed E-state index contributed by atoms with van der Waals surface area (Å²) in [7, 11) is 0. The first kappa shape index (κ1) is 96.7. The van der Waals surface area contributed by atoms with Crippen molar-refractivity contribution in [1.82, 2.24) is 0 Å². The van der Waals surface area contributed by atoms with Crippen LogP contribution in [0.5, 0.6) is 0 Å². The van der Waals surface area contributed by atoms with Gasteiger partial charge in [0.25, 0.3) is 0 Å². The Morgan fingerprint density at radius 3 is 0.495 bits per heavy atom. The molecule has 0 saturated carbocycles. The van der Waals surface area contributed by atoms with Gasteiger partial charge in [0.1, 0.15) is 0 Å². The highest BCUT2D eigenvalue weighted by Gasteiger charge is 2.37. The van der Waals surface area contributed by atoms with Crippen molar-refractivity contribution in [3.05, 3.63) is 85.5 Å². The zero-order valence-electron chi connectivity index (χ0n) is 73.1. The van der Waals surface area contributed by atoms with Crippen LogP contribution in [0, 0.1) is 0 Å². The summed E-state index contributed by atoms with van der Waals surface area (Å²) in [4.78, 5) is 0. The molecule has 1 heterocycles. The number of aryl methyl sites for hydroxylation is 4. The molecule has 0 unspecified atom stereocenters. The Morgan fingerprint density at radius 1 is 0.171 bits per heavy atom. The van der Waals surface area contributed by atoms with Crippen molar-refractivity contribution in [1.29, 1.82) is 0 Å². The van der Waals surface area contributed by atoms with Crippen LogP contribution < -0.4 is 0 Å². The summed E-state index contributed by atoms with van der Waals surface area (Å²) in [6, 6.07) is 10.5. The molecular formula is C103H186N2. The highest BCUT2D eigenvalue weighted by Crippen LogP contribution is 2.47. The Balaban J connectivity index is 1.61. The molecule has 0 fully saturated rings. The summed E-state index contributed by atoms with van der Waals surface area (Å²) in [5.74, 6) is 0. The standard InChI is InChI=1S/C103H186N2/c1-9-17-25-28-31-33-35-37-39-41-43-45-47-49-51-53-55-57-59-61-63-65-67-69-71-74-77-84-98-92(80-21-13-5)88-96(89-93(98)81-22-14-6)102-100(86-76-20-12-4)101(87-79-73-30-27-19-11-3)103(105(102)104)97-90-94(82-23-15-7)99(95(91-97)83-24-16-8)85-78-75-72-70-68-66-64-62-60-58-56-54-52-50-48-46-44-42-40-38-36-34-32-29-26-18-10-2/h88-91H,9-87H2,1-8H3. The Morgan fingerprint density at radius 2 is 0.314 bits per heavy atom. The second kappa shape index (κ2) is 71.8. The number of nitrogens with zero attached hydrogens (tertiary/aromatic N) is 2. The largest absolute Gasteiger partial charge is 0.493 e. The van der Waals surface area contributed by atoms with Gasteiger partial charge >= 0.3 is 0 Å². The van der Waals surface area contributed by atoms with Crippen LogP contribution >= 0.6 is 0 Å². The average Bonchev–Trinajstić information content (AvgIpc) is 1.61. The van der Waals surface area contributed by atoms with E-state index in [9.17, 15) is 5.53 Å². The van der Waals surface area contributed by atoms with Gasteiger partial charge in [-0.3, -0.25) is 0 Å². The molecule has 105 heavy (non-hydrogen) atoms. The van der Waals surface area contributed by atoms with Crippen LogP contribution in [0.3, 0.4) is 0 Å². The highest BCUT2D eigenvalue weighted by atomic mass is 15.2. The molecule has 1 aliphatic heterocycles. The fourth-order valence-corrected chi connectivity index (χ4v) is 17.9. The molecule has 0 N–H and O–H groups in total. The van der Waals surface area contributed by atoms with Gasteiger partial charge in [0.2, 0.25) is 11.4 Å². The molecule has 0 spiro atoms. The molecule has 0 aliphatic carbocycles. The Hall–Kier alpha value is -2.48. The van der Waals surface area contributed by atoms with E-state index in [0.717, 1.165) is 49.9 Å². The number of rotatable bonds is 81. The third-order valence-corrected chi connectivity index (χ3v) is 24.8. The number of allylic oxidation sites excluding steroid dienone is 2. The molecule has 0 saturated heterocycles. The minimum absolute atomic E-state index is 1.05. The maximum absolute atomic E-state index is 13.5. The summed E-state index contributed by atoms with van der Waals surface area (Å²) >= 11 is 0. The van der Waals surface area contributed by atoms with E-state index >= 15 is 0 Å². The van der Waals surface area contributed by atoms with Gasteiger partial charge in [-0.1, -0.05) is 460 Å². The third kappa shape index (κ3) is 48.1. The summed E-state index contributed by atoms with van der Waals surface area (Å²) in [5.41, 5.74) is 31.0. The second-order valence-corrected chi connectivity index (χ2v) is 34.8. The van der Waals surface area contributed by atoms with Crippen molar-refractivity contribution in [3.8, 4) is 0 Å². The SMILES string of the molecule is CCCCCCCCCCCCCCCCCCCCCCCCCCCCCc1c(CCCC)cc(C2=C(CCCCC)C(CCCCCCCC)=C(c3cc(CCCC)c(CCCCCCCCCCCCCCCCCCCCCCCCCCCCC)c(CCCC)c3)[N+]2=[N-])cc1CCCC. The van der Waals surface area contributed by atoms with Crippen LogP contribution in [0.2, 0.25) is 0 Å². The lowest BCUT2D eigenvalue weighted by atomic mass is 9.85. The molecule has 1 aliphatic rings. The number of unbranched alkanes of at least 4 members (excludes halogenated alkanes) is 63. The predicted octanol–water partition coefficient (Wildman–Crippen LogP) is 36.7. The topological polar surface area (TPSA) is 25.3 Å². The molecule has 0 radical (unpaired) electrons. The summed E-state index contributed by atoms with van der Waals surface area (Å²) in [6.07, 6.45) is 108. The van der Waals surface area contributed by atoms with E-state index in [1.165, 1.54) is 491 Å². The molecule has 0 aromatic heterocycles. The molecule has 3 rings (SSSR count). The summed E-state index contributed by atoms with van der Waals surface area (Å²) in [5, 5.41) is 0. The zero-order chi connectivity index (χ0) is 75.2. The van der Waals surface area contributed by atoms with E-state index in [1.54, 1.807) is 33.4 Å². The fraction of sp³-hybridized carbons (Fsp3) is 0.845. The fourth-order valence-electron chi connectivity index (χ4n) is 17.9. The minimum atomic E-state index is 1.05. The average molecular weight is 1450 g/mol. The molecule has 0 amide bonds. The zero-order valence-corrected chi connectivity index (χ0v) is 73.1. The van der Waals surface area contributed by atoms with E-state index < -0.39 is 0 Å². The van der Waals surface area contributed by atoms with E-state index in [2.05, 4.69) is 79.7 Å². The van der Waals surface area contributed by atoms with Crippen molar-refractivity contribution in [2.75, 3.05) is 0 Å². The number of hydrogen-bond donors (Lipinski definition) is 0. The van der Waals surface area contributed by atoms with Crippen LogP contribution in [-0.4, -0.2) is 4.70 Å². The lowest BCUT2D eigenvalue weighted by Gasteiger charge is -2.20. The van der Waals surface area contributed by atoms with Gasteiger partial charge in [0.05, 0.1) is 0 Å². The van der Waals surface area contributed by atoms with Gasteiger partial charge in [0.15, 0.2) is 0 Å². The van der Waals surface area contributed by atoms with Crippen molar-refractivity contribution in [2.24, 2.45) is 0 Å². The highest BCUT2D eigenvalue weighted by molar-refractivity contribution is 5.83. The van der Waals surface area contributed by atoms with Crippen LogP contribution in [-0.2, 0) is 38.5 Å². The quantitative estimate of drug-likeness (QED) is 0.0466. The van der Waals surface area contributed by atoms with Crippen LogP contribution in [0.15, 0.2) is 35.4 Å². The lowest BCUT2D eigenvalue weighted by molar-refractivity contribution is -0.345. The Kier molecular flexibility index (Phi) is 66.1. The van der Waals surface area contributed by atoms with E-state index in [-0.39, 0.29) is 0 Å². The first-order valence-electron chi connectivity index (χ1n) is 49.2. The molecular weight excluding hydrogens is 1270 g/mol. The monoisotopic (exact) mass is 1450 g/mol. The first-order valence-corrected chi connectivity index (χ1v) is 49.2. The molecule has 0 bridgehead atoms. The van der Waals surface area contributed by atoms with E-state index in [0.29, 0.717) is 0 Å². The van der Waals surface area contributed by atoms with E-state index in [4.69, 9.17) is 0 Å². The normalized spacial score (nSPS) is 12.7. The van der Waals surface area contributed by atoms with Crippen molar-refractivity contribution in [2.45, 2.75) is 563 Å². The summed E-state index contributed by atoms with van der Waals surface area (Å²) < 4.78 is 1.81. The van der Waals surface area contributed by atoms with Crippen LogP contribution in [0.4, 0.5) is 0 Å². The van der Waals surface area contributed by atoms with Gasteiger partial charge in [-0.2, -0.15) is 0 Å². The smallest absolute Gasteiger partial charge is 0.211 e. The third-order valence-electron chi connectivity index (χ3n) is 24.8. The molecule has 0 atom stereocenters. The van der Waals surface area contributed by atoms with Crippen molar-refractivity contribution < 1.29 is 4.70 Å². The van der Waals surface area contributed by atoms with Crippen LogP contribution in [0.1, 0.15) is 569 Å². The predicted molar refractivity (Wildman–Crippen MR) is 475 cm³/mol. The van der Waals surface area contributed by atoms with Gasteiger partial charge in [0, 0.05) is 22.3 Å². The Bertz CT molecular complexity index is 2280. The van der Waals surface area contributed by atoms with Crippen molar-refractivity contribution in [3.63, 3.8) is 0 Å². The number of benzene rings is 2. The van der Waals surface area contributed by atoms with Crippen molar-refractivity contribution >= 4 is 11.4 Å². The molecule has 608 valence electrons. The van der Waals surface area contributed by atoms with Gasteiger partial charge in [-0.05, 0) is 160 Å². The minimum Gasteiger partial charge on any atom is -0.493 e. The molecule has 2 aromatic carbocycles. The first-order chi connectivity index (χ1) is 51.9. The molecule has 2 heteroatoms. The summed E-state index contributed by atoms with van der Waals surface area (Å²) in [6.45, 7) is 18.9. The molecule has 2 aromatic rings.